The van der Waals surface area contributed by atoms with E-state index in [1.54, 1.807) is 37.3 Å². The third-order valence-corrected chi connectivity index (χ3v) is 2.68. The molecule has 0 atom stereocenters. The summed E-state index contributed by atoms with van der Waals surface area (Å²) in [6.45, 7) is 2.40. The molecule has 2 aromatic rings. The van der Waals surface area contributed by atoms with Gasteiger partial charge in [0.25, 0.3) is 5.91 Å². The maximum Gasteiger partial charge on any atom is 0.275 e. The molecule has 0 unspecified atom stereocenters. The van der Waals surface area contributed by atoms with Gasteiger partial charge in [0, 0.05) is 32.1 Å². The zero-order valence-electron chi connectivity index (χ0n) is 10.5. The number of nitrogens with zero attached hydrogens (tertiary/aromatic N) is 3. The lowest BCUT2D eigenvalue weighted by Crippen LogP contribution is -2.29. The van der Waals surface area contributed by atoms with Crippen LogP contribution < -0.4 is 0 Å². The van der Waals surface area contributed by atoms with Crippen LogP contribution >= 0.6 is 0 Å². The second kappa shape index (κ2) is 5.44. The summed E-state index contributed by atoms with van der Waals surface area (Å²) in [6.07, 6.45) is 4.29. The van der Waals surface area contributed by atoms with E-state index in [4.69, 9.17) is 4.52 Å². The molecule has 0 saturated carbocycles. The van der Waals surface area contributed by atoms with E-state index in [1.165, 1.54) is 0 Å². The molecule has 2 heterocycles. The van der Waals surface area contributed by atoms with Crippen LogP contribution in [0.1, 0.15) is 21.8 Å². The first-order chi connectivity index (χ1) is 8.66. The Bertz CT molecular complexity index is 522. The number of carbonyl (C=O) groups is 1. The smallest absolute Gasteiger partial charge is 0.275 e. The number of aryl methyl sites for hydroxylation is 1. The fourth-order valence-corrected chi connectivity index (χ4v) is 1.61. The number of likely N-dealkylation sites (N-methyl/N-ethyl adjacent to an activating group) is 1. The molecule has 2 aromatic heterocycles. The maximum absolute atomic E-state index is 12.0. The van der Waals surface area contributed by atoms with Crippen LogP contribution in [0.2, 0.25) is 0 Å². The van der Waals surface area contributed by atoms with Crippen molar-refractivity contribution >= 4 is 5.91 Å². The van der Waals surface area contributed by atoms with Gasteiger partial charge in [-0.25, -0.2) is 0 Å². The molecule has 0 aliphatic heterocycles. The maximum atomic E-state index is 12.0. The summed E-state index contributed by atoms with van der Waals surface area (Å²) >= 11 is 0. The number of amides is 1. The van der Waals surface area contributed by atoms with E-state index < -0.39 is 0 Å². The lowest BCUT2D eigenvalue weighted by atomic mass is 10.2. The van der Waals surface area contributed by atoms with Gasteiger partial charge in [-0.1, -0.05) is 5.16 Å². The summed E-state index contributed by atoms with van der Waals surface area (Å²) in [5.74, 6) is 0.516. The fourth-order valence-electron chi connectivity index (χ4n) is 1.61. The number of rotatable bonds is 4. The molecule has 1 amide bonds. The SMILES string of the molecule is Cc1cc(C(=O)N(C)CCc2ccncc2)no1. The van der Waals surface area contributed by atoms with Crippen molar-refractivity contribution in [1.29, 1.82) is 0 Å². The van der Waals surface area contributed by atoms with E-state index in [1.807, 2.05) is 12.1 Å². The van der Waals surface area contributed by atoms with E-state index in [9.17, 15) is 4.79 Å². The van der Waals surface area contributed by atoms with Gasteiger partial charge in [-0.2, -0.15) is 0 Å². The highest BCUT2D eigenvalue weighted by atomic mass is 16.5. The van der Waals surface area contributed by atoms with E-state index in [2.05, 4.69) is 10.1 Å². The number of hydrogen-bond acceptors (Lipinski definition) is 4. The summed E-state index contributed by atoms with van der Waals surface area (Å²) in [5.41, 5.74) is 1.51. The van der Waals surface area contributed by atoms with Crippen molar-refractivity contribution in [2.75, 3.05) is 13.6 Å². The highest BCUT2D eigenvalue weighted by Gasteiger charge is 2.15. The topological polar surface area (TPSA) is 59.2 Å². The second-order valence-corrected chi connectivity index (χ2v) is 4.15. The molecule has 0 aliphatic rings. The van der Waals surface area contributed by atoms with Crippen LogP contribution in [0.4, 0.5) is 0 Å². The largest absolute Gasteiger partial charge is 0.361 e. The first-order valence-electron chi connectivity index (χ1n) is 5.74. The van der Waals surface area contributed by atoms with Gasteiger partial charge in [0.1, 0.15) is 5.76 Å². The van der Waals surface area contributed by atoms with Gasteiger partial charge in [0.05, 0.1) is 0 Å². The van der Waals surface area contributed by atoms with Crippen molar-refractivity contribution in [3.8, 4) is 0 Å². The van der Waals surface area contributed by atoms with Crippen molar-refractivity contribution in [3.05, 3.63) is 47.6 Å². The molecular weight excluding hydrogens is 230 g/mol. The number of pyridine rings is 1. The molecule has 0 saturated heterocycles. The minimum Gasteiger partial charge on any atom is -0.361 e. The lowest BCUT2D eigenvalue weighted by molar-refractivity contribution is 0.0786. The molecule has 18 heavy (non-hydrogen) atoms. The van der Waals surface area contributed by atoms with Crippen molar-refractivity contribution in [2.24, 2.45) is 0 Å². The monoisotopic (exact) mass is 245 g/mol. The molecule has 5 heteroatoms. The fraction of sp³-hybridized carbons (Fsp3) is 0.308. The van der Waals surface area contributed by atoms with Crippen LogP contribution in [0.3, 0.4) is 0 Å². The minimum atomic E-state index is -0.124. The summed E-state index contributed by atoms with van der Waals surface area (Å²) in [4.78, 5) is 17.6. The van der Waals surface area contributed by atoms with Crippen LogP contribution in [-0.4, -0.2) is 34.5 Å². The Morgan fingerprint density at radius 3 is 2.72 bits per heavy atom. The van der Waals surface area contributed by atoms with E-state index >= 15 is 0 Å². The quantitative estimate of drug-likeness (QED) is 0.822. The van der Waals surface area contributed by atoms with Gasteiger partial charge in [-0.15, -0.1) is 0 Å². The van der Waals surface area contributed by atoms with Gasteiger partial charge >= 0.3 is 0 Å². The van der Waals surface area contributed by atoms with Gasteiger partial charge < -0.3 is 9.42 Å². The normalized spacial score (nSPS) is 10.3. The molecule has 0 aliphatic carbocycles. The third-order valence-electron chi connectivity index (χ3n) is 2.68. The summed E-state index contributed by atoms with van der Waals surface area (Å²) in [7, 11) is 1.76. The number of hydrogen-bond donors (Lipinski definition) is 0. The molecule has 94 valence electrons. The molecule has 0 bridgehead atoms. The molecule has 0 spiro atoms. The minimum absolute atomic E-state index is 0.124. The summed E-state index contributed by atoms with van der Waals surface area (Å²) in [6, 6.07) is 5.53. The van der Waals surface area contributed by atoms with Gasteiger partial charge in [0.15, 0.2) is 5.69 Å². The molecule has 0 N–H and O–H groups in total. The van der Waals surface area contributed by atoms with Crippen molar-refractivity contribution < 1.29 is 9.32 Å². The summed E-state index contributed by atoms with van der Waals surface area (Å²) < 4.78 is 4.89. The molecule has 2 rings (SSSR count). The zero-order valence-corrected chi connectivity index (χ0v) is 10.5. The molecule has 5 nitrogen and oxygen atoms in total. The second-order valence-electron chi connectivity index (χ2n) is 4.15. The van der Waals surface area contributed by atoms with Crippen LogP contribution in [0.15, 0.2) is 35.1 Å². The Kier molecular flexibility index (Phi) is 3.72. The Labute approximate surface area is 105 Å². The van der Waals surface area contributed by atoms with Gasteiger partial charge in [-0.3, -0.25) is 9.78 Å². The first kappa shape index (κ1) is 12.3. The summed E-state index contributed by atoms with van der Waals surface area (Å²) in [5, 5.41) is 3.72. The van der Waals surface area contributed by atoms with Gasteiger partial charge in [0.2, 0.25) is 0 Å². The van der Waals surface area contributed by atoms with Crippen LogP contribution in [0.5, 0.6) is 0 Å². The third kappa shape index (κ3) is 2.94. The number of aromatic nitrogens is 2. The molecule has 0 radical (unpaired) electrons. The average molecular weight is 245 g/mol. The molecule has 0 aromatic carbocycles. The lowest BCUT2D eigenvalue weighted by Gasteiger charge is -2.15. The van der Waals surface area contributed by atoms with Gasteiger partial charge in [-0.05, 0) is 31.0 Å². The Hall–Kier alpha value is -2.17. The van der Waals surface area contributed by atoms with Crippen LogP contribution in [0.25, 0.3) is 0 Å². The Morgan fingerprint density at radius 1 is 1.39 bits per heavy atom. The molecular formula is C13H15N3O2. The Balaban J connectivity index is 1.92. The van der Waals surface area contributed by atoms with E-state index in [0.29, 0.717) is 18.0 Å². The average Bonchev–Trinajstić information content (AvgIpc) is 2.83. The number of carbonyl (C=O) groups excluding carboxylic acids is 1. The first-order valence-corrected chi connectivity index (χ1v) is 5.74. The van der Waals surface area contributed by atoms with Crippen molar-refractivity contribution in [2.45, 2.75) is 13.3 Å². The van der Waals surface area contributed by atoms with E-state index in [-0.39, 0.29) is 5.91 Å². The van der Waals surface area contributed by atoms with E-state index in [0.717, 1.165) is 12.0 Å². The highest BCUT2D eigenvalue weighted by Crippen LogP contribution is 2.06. The molecule has 0 fully saturated rings. The standard InChI is InChI=1S/C13H15N3O2/c1-10-9-12(15-18-10)13(17)16(2)8-5-11-3-6-14-7-4-11/h3-4,6-7,9H,5,8H2,1-2H3. The van der Waals surface area contributed by atoms with Crippen LogP contribution in [-0.2, 0) is 6.42 Å². The Morgan fingerprint density at radius 2 is 2.11 bits per heavy atom. The van der Waals surface area contributed by atoms with Crippen LogP contribution in [0, 0.1) is 6.92 Å². The highest BCUT2D eigenvalue weighted by molar-refractivity contribution is 5.92. The van der Waals surface area contributed by atoms with Crippen molar-refractivity contribution in [3.63, 3.8) is 0 Å². The van der Waals surface area contributed by atoms with Crippen molar-refractivity contribution in [1.82, 2.24) is 15.0 Å². The predicted molar refractivity (Wildman–Crippen MR) is 66.1 cm³/mol. The predicted octanol–water partition coefficient (Wildman–Crippen LogP) is 1.69. The zero-order chi connectivity index (χ0) is 13.0.